The van der Waals surface area contributed by atoms with Gasteiger partial charge in [0.25, 0.3) is 0 Å². The highest BCUT2D eigenvalue weighted by Gasteiger charge is 2.35. The summed E-state index contributed by atoms with van der Waals surface area (Å²) in [6.45, 7) is 6.64. The summed E-state index contributed by atoms with van der Waals surface area (Å²) < 4.78 is 10.9. The Labute approximate surface area is 153 Å². The van der Waals surface area contributed by atoms with Crippen molar-refractivity contribution in [3.8, 4) is 11.5 Å². The second-order valence-corrected chi connectivity index (χ2v) is 7.67. The van der Waals surface area contributed by atoms with E-state index >= 15 is 0 Å². The number of ether oxygens (including phenoxy) is 1. The third-order valence-electron chi connectivity index (χ3n) is 4.74. The fraction of sp³-hybridized carbons (Fsp3) is 0.450. The van der Waals surface area contributed by atoms with Crippen LogP contribution in [-0.4, -0.2) is 18.2 Å². The molecule has 0 saturated carbocycles. The molecule has 140 valence electrons. The number of hydrogen-bond acceptors (Lipinski definition) is 4. The summed E-state index contributed by atoms with van der Waals surface area (Å²) in [5.41, 5.74) is 1.99. The van der Waals surface area contributed by atoms with E-state index in [2.05, 4.69) is 24.5 Å². The van der Waals surface area contributed by atoms with Crippen molar-refractivity contribution in [2.75, 3.05) is 7.11 Å². The number of amides is 2. The molecule has 0 saturated heterocycles. The van der Waals surface area contributed by atoms with Crippen LogP contribution in [0.2, 0.25) is 0 Å². The molecule has 1 aromatic carbocycles. The van der Waals surface area contributed by atoms with E-state index < -0.39 is 0 Å². The zero-order valence-electron chi connectivity index (χ0n) is 15.7. The molecule has 1 atom stereocenters. The first kappa shape index (κ1) is 18.2. The van der Waals surface area contributed by atoms with Gasteiger partial charge in [0.1, 0.15) is 11.5 Å². The van der Waals surface area contributed by atoms with Crippen molar-refractivity contribution in [1.29, 1.82) is 0 Å². The molecule has 0 bridgehead atoms. The van der Waals surface area contributed by atoms with Crippen LogP contribution in [0.15, 0.2) is 28.7 Å². The Morgan fingerprint density at radius 3 is 2.88 bits per heavy atom. The fourth-order valence-corrected chi connectivity index (χ4v) is 3.54. The minimum Gasteiger partial charge on any atom is -0.504 e. The molecule has 0 unspecified atom stereocenters. The van der Waals surface area contributed by atoms with Crippen LogP contribution in [0.25, 0.3) is 0 Å². The molecule has 2 amide bonds. The highest BCUT2D eigenvalue weighted by molar-refractivity contribution is 5.74. The van der Waals surface area contributed by atoms with E-state index in [0.717, 1.165) is 35.5 Å². The van der Waals surface area contributed by atoms with Gasteiger partial charge in [0.05, 0.1) is 13.2 Å². The normalized spacial score (nSPS) is 18.1. The van der Waals surface area contributed by atoms with Gasteiger partial charge >= 0.3 is 6.03 Å². The van der Waals surface area contributed by atoms with Crippen LogP contribution in [0.5, 0.6) is 11.5 Å². The van der Waals surface area contributed by atoms with Crippen molar-refractivity contribution in [3.63, 3.8) is 0 Å². The number of hydrogen-bond donors (Lipinski definition) is 3. The van der Waals surface area contributed by atoms with Gasteiger partial charge in [0.15, 0.2) is 11.5 Å². The number of phenols is 1. The van der Waals surface area contributed by atoms with Gasteiger partial charge in [-0.25, -0.2) is 4.79 Å². The summed E-state index contributed by atoms with van der Waals surface area (Å²) in [4.78, 5) is 12.4. The SMILES string of the molecule is COc1cc(CNC(=O)N[C@@H]2CC(C)(C)Cc3oc(C)cc32)ccc1O. The maximum Gasteiger partial charge on any atom is 0.315 e. The number of aromatic hydroxyl groups is 1. The molecule has 0 aliphatic heterocycles. The first-order valence-electron chi connectivity index (χ1n) is 8.77. The molecule has 1 aliphatic rings. The van der Waals surface area contributed by atoms with Crippen LogP contribution in [0.4, 0.5) is 4.79 Å². The Morgan fingerprint density at radius 1 is 1.38 bits per heavy atom. The summed E-state index contributed by atoms with van der Waals surface area (Å²) in [5, 5.41) is 15.6. The van der Waals surface area contributed by atoms with E-state index in [0.29, 0.717) is 12.3 Å². The summed E-state index contributed by atoms with van der Waals surface area (Å²) in [6.07, 6.45) is 1.74. The van der Waals surface area contributed by atoms with Crippen LogP contribution in [0.3, 0.4) is 0 Å². The van der Waals surface area contributed by atoms with Crippen molar-refractivity contribution in [2.24, 2.45) is 5.41 Å². The largest absolute Gasteiger partial charge is 0.504 e. The molecular formula is C20H26N2O4. The van der Waals surface area contributed by atoms with E-state index in [4.69, 9.17) is 9.15 Å². The first-order valence-corrected chi connectivity index (χ1v) is 8.77. The third-order valence-corrected chi connectivity index (χ3v) is 4.74. The molecule has 3 rings (SSSR count). The van der Waals surface area contributed by atoms with E-state index in [1.165, 1.54) is 7.11 Å². The highest BCUT2D eigenvalue weighted by Crippen LogP contribution is 2.41. The lowest BCUT2D eigenvalue weighted by Crippen LogP contribution is -2.41. The van der Waals surface area contributed by atoms with Crippen molar-refractivity contribution >= 4 is 6.03 Å². The van der Waals surface area contributed by atoms with Gasteiger partial charge < -0.3 is 24.9 Å². The van der Waals surface area contributed by atoms with Crippen LogP contribution >= 0.6 is 0 Å². The molecule has 0 radical (unpaired) electrons. The zero-order chi connectivity index (χ0) is 18.9. The second kappa shape index (κ2) is 6.94. The van der Waals surface area contributed by atoms with E-state index in [1.807, 2.05) is 13.0 Å². The number of methoxy groups -OCH3 is 1. The average Bonchev–Trinajstić information content (AvgIpc) is 2.93. The number of aryl methyl sites for hydroxylation is 1. The molecule has 1 aromatic heterocycles. The number of carbonyl (C=O) groups excluding carboxylic acids is 1. The number of carbonyl (C=O) groups is 1. The van der Waals surface area contributed by atoms with Gasteiger partial charge in [-0.15, -0.1) is 0 Å². The van der Waals surface area contributed by atoms with Gasteiger partial charge in [0, 0.05) is 18.5 Å². The van der Waals surface area contributed by atoms with Crippen molar-refractivity contribution < 1.29 is 19.1 Å². The molecule has 2 aromatic rings. The molecule has 0 spiro atoms. The quantitative estimate of drug-likeness (QED) is 0.776. The van der Waals surface area contributed by atoms with Gasteiger partial charge in [0.2, 0.25) is 0 Å². The van der Waals surface area contributed by atoms with Crippen molar-refractivity contribution in [2.45, 2.75) is 46.2 Å². The Balaban J connectivity index is 1.65. The van der Waals surface area contributed by atoms with E-state index in [1.54, 1.807) is 18.2 Å². The van der Waals surface area contributed by atoms with Crippen LogP contribution in [0.1, 0.15) is 49.0 Å². The molecule has 3 N–H and O–H groups in total. The minimum absolute atomic E-state index is 0.0689. The fourth-order valence-electron chi connectivity index (χ4n) is 3.54. The predicted octanol–water partition coefficient (Wildman–Crippen LogP) is 3.82. The van der Waals surface area contributed by atoms with Gasteiger partial charge in [-0.3, -0.25) is 0 Å². The first-order chi connectivity index (χ1) is 12.3. The molecule has 26 heavy (non-hydrogen) atoms. The van der Waals surface area contributed by atoms with Crippen LogP contribution < -0.4 is 15.4 Å². The Bertz CT molecular complexity index is 810. The Hall–Kier alpha value is -2.63. The number of furan rings is 1. The summed E-state index contributed by atoms with van der Waals surface area (Å²) in [7, 11) is 1.49. The number of urea groups is 1. The maximum atomic E-state index is 12.4. The van der Waals surface area contributed by atoms with Crippen LogP contribution in [-0.2, 0) is 13.0 Å². The lowest BCUT2D eigenvalue weighted by atomic mass is 9.75. The average molecular weight is 358 g/mol. The number of benzene rings is 1. The zero-order valence-corrected chi connectivity index (χ0v) is 15.7. The Kier molecular flexibility index (Phi) is 4.85. The Morgan fingerprint density at radius 2 is 2.15 bits per heavy atom. The van der Waals surface area contributed by atoms with Crippen LogP contribution in [0, 0.1) is 12.3 Å². The highest BCUT2D eigenvalue weighted by atomic mass is 16.5. The standard InChI is InChI=1S/C20H26N2O4/c1-12-7-14-15(9-20(2,3)10-18(14)26-12)22-19(24)21-11-13-5-6-16(23)17(8-13)25-4/h5-8,15,23H,9-11H2,1-4H3,(H2,21,22,24)/t15-/m1/s1. The molecular weight excluding hydrogens is 332 g/mol. The number of rotatable bonds is 4. The topological polar surface area (TPSA) is 83.7 Å². The lowest BCUT2D eigenvalue weighted by molar-refractivity contribution is 0.214. The third kappa shape index (κ3) is 3.95. The smallest absolute Gasteiger partial charge is 0.315 e. The maximum absolute atomic E-state index is 12.4. The minimum atomic E-state index is -0.232. The van der Waals surface area contributed by atoms with Crippen molar-refractivity contribution in [1.82, 2.24) is 10.6 Å². The second-order valence-electron chi connectivity index (χ2n) is 7.67. The molecule has 6 heteroatoms. The van der Waals surface area contributed by atoms with Gasteiger partial charge in [-0.2, -0.15) is 0 Å². The predicted molar refractivity (Wildman–Crippen MR) is 98.3 cm³/mol. The molecule has 1 heterocycles. The van der Waals surface area contributed by atoms with Gasteiger partial charge in [-0.1, -0.05) is 19.9 Å². The van der Waals surface area contributed by atoms with E-state index in [-0.39, 0.29) is 23.2 Å². The number of phenolic OH excluding ortho intramolecular Hbond substituents is 1. The van der Waals surface area contributed by atoms with Gasteiger partial charge in [-0.05, 0) is 42.5 Å². The summed E-state index contributed by atoms with van der Waals surface area (Å²) in [5.74, 6) is 2.30. The van der Waals surface area contributed by atoms with E-state index in [9.17, 15) is 9.90 Å². The molecule has 1 aliphatic carbocycles. The van der Waals surface area contributed by atoms with Crippen molar-refractivity contribution in [3.05, 3.63) is 46.9 Å². The monoisotopic (exact) mass is 358 g/mol. The summed E-state index contributed by atoms with van der Waals surface area (Å²) >= 11 is 0. The lowest BCUT2D eigenvalue weighted by Gasteiger charge is -2.34. The number of nitrogens with one attached hydrogen (secondary N) is 2. The molecule has 0 fully saturated rings. The molecule has 6 nitrogen and oxygen atoms in total. The summed E-state index contributed by atoms with van der Waals surface area (Å²) in [6, 6.07) is 6.72. The number of fused-ring (bicyclic) bond motifs is 1.